The number of benzene rings is 1. The summed E-state index contributed by atoms with van der Waals surface area (Å²) in [7, 11) is -4.14. The van der Waals surface area contributed by atoms with Gasteiger partial charge < -0.3 is 9.15 Å². The Bertz CT molecular complexity index is 858. The van der Waals surface area contributed by atoms with Crippen LogP contribution in [0.5, 0.6) is 0 Å². The predicted molar refractivity (Wildman–Crippen MR) is 71.4 cm³/mol. The third kappa shape index (κ3) is 2.76. The average molecular weight is 334 g/mol. The van der Waals surface area contributed by atoms with Crippen LogP contribution in [0.15, 0.2) is 32.3 Å². The van der Waals surface area contributed by atoms with E-state index in [0.29, 0.717) is 9.82 Å². The number of aromatic nitrogens is 1. The zero-order valence-corrected chi connectivity index (χ0v) is 12.0. The monoisotopic (exact) mass is 334 g/mol. The summed E-state index contributed by atoms with van der Waals surface area (Å²) < 4.78 is 62.2. The van der Waals surface area contributed by atoms with Gasteiger partial charge in [0.05, 0.1) is 23.6 Å². The summed E-state index contributed by atoms with van der Waals surface area (Å²) in [5.74, 6) is -3.98. The average Bonchev–Trinajstić information content (AvgIpc) is 2.70. The maximum Gasteiger partial charge on any atom is 0.417 e. The predicted octanol–water partition coefficient (Wildman–Crippen LogP) is 0.777. The van der Waals surface area contributed by atoms with E-state index in [2.05, 4.69) is 4.98 Å². The van der Waals surface area contributed by atoms with Crippen molar-refractivity contribution in [2.45, 2.75) is 10.8 Å². The minimum Gasteiger partial charge on any atom is -0.408 e. The largest absolute Gasteiger partial charge is 0.417 e. The van der Waals surface area contributed by atoms with E-state index in [1.807, 2.05) is 0 Å². The van der Waals surface area contributed by atoms with E-state index in [-0.39, 0.29) is 23.6 Å². The molecule has 2 heterocycles. The van der Waals surface area contributed by atoms with Gasteiger partial charge in [0.2, 0.25) is 10.0 Å². The number of sulfonamides is 1. The van der Waals surface area contributed by atoms with Gasteiger partial charge in [0.1, 0.15) is 6.61 Å². The van der Waals surface area contributed by atoms with Gasteiger partial charge in [-0.2, -0.15) is 4.31 Å². The Morgan fingerprint density at radius 2 is 2.09 bits per heavy atom. The van der Waals surface area contributed by atoms with Gasteiger partial charge >= 0.3 is 5.76 Å². The molecule has 7 nitrogen and oxygen atoms in total. The number of halogens is 2. The van der Waals surface area contributed by atoms with Crippen molar-refractivity contribution in [1.82, 2.24) is 9.29 Å². The second-order valence-electron chi connectivity index (χ2n) is 4.92. The highest BCUT2D eigenvalue weighted by Crippen LogP contribution is 2.25. The number of fused-ring (bicyclic) bond motifs is 1. The number of ether oxygens (including phenoxy) is 1. The second-order valence-corrected chi connectivity index (χ2v) is 6.86. The first-order chi connectivity index (χ1) is 10.3. The molecule has 0 bridgehead atoms. The first kappa shape index (κ1) is 15.1. The molecule has 2 aromatic rings. The number of nitrogens with one attached hydrogen (secondary N) is 1. The molecule has 1 saturated heterocycles. The fourth-order valence-corrected chi connectivity index (χ4v) is 3.68. The lowest BCUT2D eigenvalue weighted by Gasteiger charge is -2.22. The summed E-state index contributed by atoms with van der Waals surface area (Å²) in [5, 5.41) is 0. The zero-order valence-electron chi connectivity index (χ0n) is 11.2. The fourth-order valence-electron chi connectivity index (χ4n) is 2.21. The van der Waals surface area contributed by atoms with E-state index in [1.54, 1.807) is 0 Å². The summed E-state index contributed by atoms with van der Waals surface area (Å²) in [4.78, 5) is 13.2. The van der Waals surface area contributed by atoms with Crippen LogP contribution < -0.4 is 5.76 Å². The van der Waals surface area contributed by atoms with Gasteiger partial charge in [-0.25, -0.2) is 22.0 Å². The molecule has 1 aromatic heterocycles. The molecule has 0 amide bonds. The molecule has 3 rings (SSSR count). The van der Waals surface area contributed by atoms with Gasteiger partial charge in [-0.05, 0) is 12.1 Å². The number of hydrogen-bond donors (Lipinski definition) is 1. The highest BCUT2D eigenvalue weighted by Gasteiger charge is 2.39. The van der Waals surface area contributed by atoms with Gasteiger partial charge in [-0.1, -0.05) is 0 Å². The Labute approximate surface area is 123 Å². The maximum absolute atomic E-state index is 13.5. The van der Waals surface area contributed by atoms with E-state index in [4.69, 9.17) is 9.15 Å². The molecule has 0 unspecified atom stereocenters. The second kappa shape index (κ2) is 5.14. The molecule has 0 aliphatic carbocycles. The molecular formula is C12H12F2N2O5S. The Morgan fingerprint density at radius 1 is 1.32 bits per heavy atom. The molecule has 1 aromatic carbocycles. The molecule has 0 atom stereocenters. The van der Waals surface area contributed by atoms with Gasteiger partial charge in [-0.15, -0.1) is 0 Å². The zero-order chi connectivity index (χ0) is 16.0. The smallest absolute Gasteiger partial charge is 0.408 e. The minimum absolute atomic E-state index is 0.0453. The van der Waals surface area contributed by atoms with Gasteiger partial charge in [0.15, 0.2) is 5.58 Å². The van der Waals surface area contributed by atoms with Crippen LogP contribution in [0.3, 0.4) is 0 Å². The number of hydrogen-bond acceptors (Lipinski definition) is 5. The molecular weight excluding hydrogens is 322 g/mol. The number of aromatic amines is 1. The van der Waals surface area contributed by atoms with Gasteiger partial charge in [0.25, 0.3) is 5.92 Å². The van der Waals surface area contributed by atoms with Crippen LogP contribution in [0.25, 0.3) is 11.1 Å². The number of alkyl halides is 2. The van der Waals surface area contributed by atoms with Crippen LogP contribution in [0, 0.1) is 0 Å². The number of nitrogens with zero attached hydrogens (tertiary/aromatic N) is 1. The third-order valence-electron chi connectivity index (χ3n) is 3.24. The van der Waals surface area contributed by atoms with Crippen LogP contribution in [0.4, 0.5) is 8.78 Å². The molecule has 1 aliphatic rings. The van der Waals surface area contributed by atoms with Crippen molar-refractivity contribution < 1.29 is 26.4 Å². The normalized spacial score (nSPS) is 20.1. The molecule has 0 saturated carbocycles. The number of oxazole rings is 1. The van der Waals surface area contributed by atoms with Crippen molar-refractivity contribution in [2.75, 3.05) is 26.3 Å². The van der Waals surface area contributed by atoms with E-state index >= 15 is 0 Å². The van der Waals surface area contributed by atoms with Crippen molar-refractivity contribution in [3.05, 3.63) is 28.7 Å². The van der Waals surface area contributed by atoms with Crippen LogP contribution in [-0.4, -0.2) is 49.9 Å². The molecule has 10 heteroatoms. The number of rotatable bonds is 2. The molecule has 22 heavy (non-hydrogen) atoms. The standard InChI is InChI=1S/C12H12F2N2O5S/c13-12(14)6-16(3-4-20-7-12)22(18,19)8-1-2-9-10(5-8)21-11(17)15-9/h1-2,5H,3-4,6-7H2,(H,15,17). The minimum atomic E-state index is -4.14. The van der Waals surface area contributed by atoms with Gasteiger partial charge in [0, 0.05) is 12.6 Å². The van der Waals surface area contributed by atoms with E-state index in [9.17, 15) is 22.0 Å². The molecule has 120 valence electrons. The third-order valence-corrected chi connectivity index (χ3v) is 5.08. The quantitative estimate of drug-likeness (QED) is 0.876. The van der Waals surface area contributed by atoms with Crippen molar-refractivity contribution in [1.29, 1.82) is 0 Å². The molecule has 0 spiro atoms. The van der Waals surface area contributed by atoms with Crippen LogP contribution >= 0.6 is 0 Å². The lowest BCUT2D eigenvalue weighted by Crippen LogP contribution is -2.41. The Balaban J connectivity index is 2.01. The summed E-state index contributed by atoms with van der Waals surface area (Å²) in [6, 6.07) is 3.71. The summed E-state index contributed by atoms with van der Waals surface area (Å²) in [6.07, 6.45) is 0. The van der Waals surface area contributed by atoms with E-state index < -0.39 is 34.9 Å². The van der Waals surface area contributed by atoms with Crippen LogP contribution in [-0.2, 0) is 14.8 Å². The Kier molecular flexibility index (Phi) is 3.54. The molecule has 1 fully saturated rings. The topological polar surface area (TPSA) is 92.6 Å². The lowest BCUT2D eigenvalue weighted by molar-refractivity contribution is -0.0630. The fraction of sp³-hybridized carbons (Fsp3) is 0.417. The summed E-state index contributed by atoms with van der Waals surface area (Å²) in [6.45, 7) is -2.06. The molecule has 0 radical (unpaired) electrons. The van der Waals surface area contributed by atoms with Gasteiger partial charge in [-0.3, -0.25) is 4.98 Å². The first-order valence-electron chi connectivity index (χ1n) is 6.37. The highest BCUT2D eigenvalue weighted by atomic mass is 32.2. The first-order valence-corrected chi connectivity index (χ1v) is 7.81. The SMILES string of the molecule is O=c1[nH]c2ccc(S(=O)(=O)N3CCOCC(F)(F)C3)cc2o1. The number of H-pyrrole nitrogens is 1. The molecule has 1 aliphatic heterocycles. The Morgan fingerprint density at radius 3 is 2.86 bits per heavy atom. The van der Waals surface area contributed by atoms with E-state index in [1.165, 1.54) is 12.1 Å². The van der Waals surface area contributed by atoms with E-state index in [0.717, 1.165) is 6.07 Å². The summed E-state index contributed by atoms with van der Waals surface area (Å²) >= 11 is 0. The van der Waals surface area contributed by atoms with Crippen LogP contribution in [0.2, 0.25) is 0 Å². The van der Waals surface area contributed by atoms with Crippen LogP contribution in [0.1, 0.15) is 0 Å². The van der Waals surface area contributed by atoms with Crippen molar-refractivity contribution in [2.24, 2.45) is 0 Å². The van der Waals surface area contributed by atoms with Crippen molar-refractivity contribution >= 4 is 21.1 Å². The summed E-state index contributed by atoms with van der Waals surface area (Å²) in [5.41, 5.74) is 0.373. The Hall–Kier alpha value is -1.78. The molecule has 1 N–H and O–H groups in total. The van der Waals surface area contributed by atoms with Crippen molar-refractivity contribution in [3.63, 3.8) is 0 Å². The highest BCUT2D eigenvalue weighted by molar-refractivity contribution is 7.89. The maximum atomic E-state index is 13.5. The van der Waals surface area contributed by atoms with Crippen molar-refractivity contribution in [3.8, 4) is 0 Å². The lowest BCUT2D eigenvalue weighted by atomic mass is 10.3.